The zero-order valence-corrected chi connectivity index (χ0v) is 22.3. The molecule has 3 N–H and O–H groups in total. The summed E-state index contributed by atoms with van der Waals surface area (Å²) < 4.78 is 0. The van der Waals surface area contributed by atoms with Gasteiger partial charge in [0, 0.05) is 7.11 Å². The standard InChI is InChI=1S/3C8H10.C7H8.CH4O.H2O/c1-7-3-5-8(2)6-4-7;1-7-4-3-5-8(2)6-7;1-7-5-3-4-6-8(7)2;1-7-5-3-2-4-6-7;1-2;/h3*3-6H,1-2H3;2-6H,1H3;2H,1H3;1H2. The minimum atomic E-state index is 0. The fourth-order valence-electron chi connectivity index (χ4n) is 2.64. The van der Waals surface area contributed by atoms with Crippen LogP contribution in [-0.2, 0) is 0 Å². The molecule has 0 unspecified atom stereocenters. The molecule has 34 heavy (non-hydrogen) atoms. The number of benzene rings is 4. The maximum atomic E-state index is 7.00. The van der Waals surface area contributed by atoms with Gasteiger partial charge in [0.1, 0.15) is 0 Å². The lowest BCUT2D eigenvalue weighted by atomic mass is 10.1. The van der Waals surface area contributed by atoms with Gasteiger partial charge in [0.2, 0.25) is 0 Å². The smallest absolute Gasteiger partial charge is 0.0319 e. The van der Waals surface area contributed by atoms with Gasteiger partial charge in [-0.2, -0.15) is 0 Å². The van der Waals surface area contributed by atoms with E-state index in [0.29, 0.717) is 0 Å². The maximum Gasteiger partial charge on any atom is 0.0319 e. The highest BCUT2D eigenvalue weighted by Crippen LogP contribution is 2.03. The predicted molar refractivity (Wildman–Crippen MR) is 151 cm³/mol. The first-order valence-electron chi connectivity index (χ1n) is 11.3. The van der Waals surface area contributed by atoms with Crippen LogP contribution in [0.2, 0.25) is 0 Å². The Morgan fingerprint density at radius 1 is 0.353 bits per heavy atom. The lowest BCUT2D eigenvalue weighted by molar-refractivity contribution is 0.399. The molecule has 4 rings (SSSR count). The van der Waals surface area contributed by atoms with Crippen LogP contribution in [0.1, 0.15) is 38.9 Å². The topological polar surface area (TPSA) is 51.7 Å². The number of aryl methyl sites for hydroxylation is 7. The summed E-state index contributed by atoms with van der Waals surface area (Å²) in [6.07, 6.45) is 0. The molecule has 4 aromatic carbocycles. The summed E-state index contributed by atoms with van der Waals surface area (Å²) in [7, 11) is 1.00. The first-order chi connectivity index (χ1) is 15.8. The molecular formula is C32H44O2. The van der Waals surface area contributed by atoms with Gasteiger partial charge in [0.15, 0.2) is 0 Å². The Morgan fingerprint density at radius 3 is 0.882 bits per heavy atom. The minimum Gasteiger partial charge on any atom is -0.412 e. The Labute approximate surface area is 208 Å². The van der Waals surface area contributed by atoms with Crippen molar-refractivity contribution in [1.29, 1.82) is 0 Å². The number of rotatable bonds is 0. The first kappa shape index (κ1) is 33.0. The lowest BCUT2D eigenvalue weighted by Crippen LogP contribution is -1.74. The SMILES string of the molecule is CO.Cc1ccc(C)cc1.Cc1cccc(C)c1.Cc1ccccc1.Cc1ccccc1C.O. The Hall–Kier alpha value is -3.20. The Balaban J connectivity index is 0. The van der Waals surface area contributed by atoms with E-state index < -0.39 is 0 Å². The molecular weight excluding hydrogens is 416 g/mol. The summed E-state index contributed by atoms with van der Waals surface area (Å²) in [5.41, 5.74) is 9.39. The maximum absolute atomic E-state index is 7.00. The highest BCUT2D eigenvalue weighted by atomic mass is 16.2. The van der Waals surface area contributed by atoms with E-state index in [4.69, 9.17) is 5.11 Å². The van der Waals surface area contributed by atoms with Crippen LogP contribution in [0, 0.1) is 48.5 Å². The quantitative estimate of drug-likeness (QED) is 0.287. The van der Waals surface area contributed by atoms with Gasteiger partial charge < -0.3 is 10.6 Å². The second kappa shape index (κ2) is 20.4. The molecule has 0 aliphatic rings. The van der Waals surface area contributed by atoms with Gasteiger partial charge in [0.25, 0.3) is 0 Å². The zero-order valence-electron chi connectivity index (χ0n) is 22.3. The molecule has 0 fully saturated rings. The van der Waals surface area contributed by atoms with E-state index in [1.54, 1.807) is 0 Å². The first-order valence-corrected chi connectivity index (χ1v) is 11.3. The van der Waals surface area contributed by atoms with Crippen LogP contribution in [0.3, 0.4) is 0 Å². The minimum absolute atomic E-state index is 0. The van der Waals surface area contributed by atoms with Crippen molar-refractivity contribution in [3.63, 3.8) is 0 Å². The third-order valence-corrected chi connectivity index (χ3v) is 4.76. The molecule has 0 aliphatic heterocycles. The zero-order chi connectivity index (χ0) is 25.1. The third-order valence-electron chi connectivity index (χ3n) is 4.76. The van der Waals surface area contributed by atoms with Crippen molar-refractivity contribution in [1.82, 2.24) is 0 Å². The summed E-state index contributed by atoms with van der Waals surface area (Å²) in [5.74, 6) is 0. The molecule has 0 amide bonds. The van der Waals surface area contributed by atoms with E-state index in [9.17, 15) is 0 Å². The summed E-state index contributed by atoms with van der Waals surface area (Å²) in [5, 5.41) is 7.00. The third kappa shape index (κ3) is 17.4. The van der Waals surface area contributed by atoms with E-state index in [1.165, 1.54) is 38.9 Å². The second-order valence-corrected chi connectivity index (χ2v) is 8.05. The van der Waals surface area contributed by atoms with Crippen molar-refractivity contribution in [2.75, 3.05) is 7.11 Å². The molecule has 0 bridgehead atoms. The molecule has 2 heteroatoms. The van der Waals surface area contributed by atoms with Crippen LogP contribution in [0.5, 0.6) is 0 Å². The molecule has 0 aliphatic carbocycles. The monoisotopic (exact) mass is 460 g/mol. The highest BCUT2D eigenvalue weighted by Gasteiger charge is 1.84. The van der Waals surface area contributed by atoms with E-state index in [0.717, 1.165) is 7.11 Å². The summed E-state index contributed by atoms with van der Waals surface area (Å²) >= 11 is 0. The molecule has 0 spiro atoms. The van der Waals surface area contributed by atoms with Gasteiger partial charge in [-0.25, -0.2) is 0 Å². The molecule has 0 saturated carbocycles. The van der Waals surface area contributed by atoms with Crippen LogP contribution in [0.15, 0.2) is 103 Å². The number of hydrogen-bond acceptors (Lipinski definition) is 1. The van der Waals surface area contributed by atoms with E-state index in [-0.39, 0.29) is 5.48 Å². The fraction of sp³-hybridized carbons (Fsp3) is 0.250. The van der Waals surface area contributed by atoms with Gasteiger partial charge in [0.05, 0.1) is 0 Å². The molecule has 0 aromatic heterocycles. The molecule has 0 heterocycles. The number of hydrogen-bond donors (Lipinski definition) is 1. The van der Waals surface area contributed by atoms with Crippen molar-refractivity contribution in [3.8, 4) is 0 Å². The van der Waals surface area contributed by atoms with Crippen molar-refractivity contribution in [2.45, 2.75) is 48.5 Å². The molecule has 0 radical (unpaired) electrons. The average Bonchev–Trinajstić information content (AvgIpc) is 2.81. The van der Waals surface area contributed by atoms with Gasteiger partial charge in [-0.05, 0) is 59.6 Å². The molecule has 4 aromatic rings. The van der Waals surface area contributed by atoms with Crippen LogP contribution < -0.4 is 0 Å². The van der Waals surface area contributed by atoms with Crippen LogP contribution in [-0.4, -0.2) is 17.7 Å². The fourth-order valence-corrected chi connectivity index (χ4v) is 2.64. The highest BCUT2D eigenvalue weighted by molar-refractivity contribution is 5.23. The van der Waals surface area contributed by atoms with Gasteiger partial charge in [-0.1, -0.05) is 131 Å². The van der Waals surface area contributed by atoms with Gasteiger partial charge in [-0.3, -0.25) is 0 Å². The van der Waals surface area contributed by atoms with Gasteiger partial charge in [-0.15, -0.1) is 0 Å². The Morgan fingerprint density at radius 2 is 0.647 bits per heavy atom. The normalized spacial score (nSPS) is 8.50. The molecule has 184 valence electrons. The Kier molecular flexibility index (Phi) is 19.8. The second-order valence-electron chi connectivity index (χ2n) is 8.05. The predicted octanol–water partition coefficient (Wildman–Crippen LogP) is 7.69. The van der Waals surface area contributed by atoms with E-state index in [1.807, 2.05) is 18.2 Å². The largest absolute Gasteiger partial charge is 0.412 e. The van der Waals surface area contributed by atoms with E-state index >= 15 is 0 Å². The van der Waals surface area contributed by atoms with Gasteiger partial charge >= 0.3 is 0 Å². The molecule has 0 atom stereocenters. The van der Waals surface area contributed by atoms with Crippen molar-refractivity contribution in [3.05, 3.63) is 142 Å². The van der Waals surface area contributed by atoms with Crippen LogP contribution in [0.25, 0.3) is 0 Å². The lowest BCUT2D eigenvalue weighted by Gasteiger charge is -1.93. The molecule has 2 nitrogen and oxygen atoms in total. The Bertz CT molecular complexity index is 931. The summed E-state index contributed by atoms with van der Waals surface area (Å²) in [6.45, 7) is 14.7. The summed E-state index contributed by atoms with van der Waals surface area (Å²) in [4.78, 5) is 0. The molecule has 0 saturated heterocycles. The number of aliphatic hydroxyl groups is 1. The van der Waals surface area contributed by atoms with Crippen LogP contribution in [0.4, 0.5) is 0 Å². The average molecular weight is 461 g/mol. The summed E-state index contributed by atoms with van der Waals surface area (Å²) in [6, 6.07) is 35.5. The number of aliphatic hydroxyl groups excluding tert-OH is 1. The van der Waals surface area contributed by atoms with Crippen molar-refractivity contribution >= 4 is 0 Å². The van der Waals surface area contributed by atoms with Crippen molar-refractivity contribution in [2.24, 2.45) is 0 Å². The van der Waals surface area contributed by atoms with E-state index in [2.05, 4.69) is 133 Å². The van der Waals surface area contributed by atoms with Crippen molar-refractivity contribution < 1.29 is 10.6 Å². The van der Waals surface area contributed by atoms with Crippen LogP contribution >= 0.6 is 0 Å².